The predicted octanol–water partition coefficient (Wildman–Crippen LogP) is 1.08. The molecule has 0 aromatic heterocycles. The number of esters is 2. The van der Waals surface area contributed by atoms with Gasteiger partial charge in [-0.3, -0.25) is 0 Å². The maximum Gasteiger partial charge on any atom is 0.340 e. The monoisotopic (exact) mass is 462 g/mol. The molecule has 11 nitrogen and oxygen atoms in total. The molecule has 2 rings (SSSR count). The van der Waals surface area contributed by atoms with Crippen LogP contribution in [-0.2, 0) is 23.7 Å². The largest absolute Gasteiger partial charge is 0.460 e. The molecule has 0 saturated carbocycles. The predicted molar refractivity (Wildman–Crippen MR) is 124 cm³/mol. The first-order valence-electron chi connectivity index (χ1n) is 10.3. The Kier molecular flexibility index (Phi) is 10.7. The highest BCUT2D eigenvalue weighted by molar-refractivity contribution is 5.96. The molecule has 0 unspecified atom stereocenters. The fourth-order valence-electron chi connectivity index (χ4n) is 2.62. The van der Waals surface area contributed by atoms with Crippen molar-refractivity contribution in [3.63, 3.8) is 0 Å². The fraction of sp³-hybridized carbons (Fsp3) is 0.364. The molecule has 0 fully saturated rings. The molecular weight excluding hydrogens is 432 g/mol. The number of anilines is 4. The lowest BCUT2D eigenvalue weighted by atomic mass is 10.1. The number of rotatable bonds is 14. The van der Waals surface area contributed by atoms with Crippen molar-refractivity contribution in [2.24, 2.45) is 0 Å². The van der Waals surface area contributed by atoms with E-state index >= 15 is 0 Å². The van der Waals surface area contributed by atoms with Crippen molar-refractivity contribution in [1.82, 2.24) is 0 Å². The first-order chi connectivity index (χ1) is 15.9. The molecule has 0 radical (unpaired) electrons. The molecule has 0 aliphatic heterocycles. The average Bonchev–Trinajstić information content (AvgIpc) is 2.76. The molecule has 0 aliphatic rings. The van der Waals surface area contributed by atoms with Gasteiger partial charge in [-0.2, -0.15) is 0 Å². The maximum atomic E-state index is 11.9. The number of nitrogens with two attached hydrogens (primary N) is 4. The highest BCUT2D eigenvalue weighted by Crippen LogP contribution is 2.17. The van der Waals surface area contributed by atoms with E-state index in [2.05, 4.69) is 0 Å². The zero-order valence-corrected chi connectivity index (χ0v) is 18.3. The van der Waals surface area contributed by atoms with Gasteiger partial charge in [0.25, 0.3) is 0 Å². The number of benzene rings is 2. The van der Waals surface area contributed by atoms with Crippen molar-refractivity contribution in [3.05, 3.63) is 47.5 Å². The van der Waals surface area contributed by atoms with Gasteiger partial charge in [-0.15, -0.1) is 0 Å². The van der Waals surface area contributed by atoms with E-state index in [1.165, 1.54) is 24.3 Å². The van der Waals surface area contributed by atoms with Gasteiger partial charge in [0.15, 0.2) is 0 Å². The summed E-state index contributed by atoms with van der Waals surface area (Å²) in [5, 5.41) is 0. The minimum atomic E-state index is -0.535. The summed E-state index contributed by atoms with van der Waals surface area (Å²) in [5.74, 6) is -1.07. The third-order valence-electron chi connectivity index (χ3n) is 4.26. The molecule has 0 atom stereocenters. The van der Waals surface area contributed by atoms with E-state index < -0.39 is 11.9 Å². The zero-order chi connectivity index (χ0) is 24.1. The summed E-state index contributed by atoms with van der Waals surface area (Å²) >= 11 is 0. The van der Waals surface area contributed by atoms with E-state index in [0.717, 1.165) is 0 Å². The van der Waals surface area contributed by atoms with Crippen LogP contribution < -0.4 is 22.9 Å². The van der Waals surface area contributed by atoms with Crippen LogP contribution in [0.2, 0.25) is 0 Å². The Morgan fingerprint density at radius 1 is 0.545 bits per heavy atom. The van der Waals surface area contributed by atoms with E-state index in [1.54, 1.807) is 12.1 Å². The molecule has 0 heterocycles. The summed E-state index contributed by atoms with van der Waals surface area (Å²) in [6.07, 6.45) is 0. The van der Waals surface area contributed by atoms with Gasteiger partial charge in [0.1, 0.15) is 13.2 Å². The summed E-state index contributed by atoms with van der Waals surface area (Å²) in [6, 6.07) is 9.19. The van der Waals surface area contributed by atoms with Crippen molar-refractivity contribution in [3.8, 4) is 0 Å². The minimum Gasteiger partial charge on any atom is -0.460 e. The standard InChI is InChI=1S/C22H30N4O7/c23-15-1-3-17(19(25)13-15)21(27)32-11-9-30-7-5-29-6-8-31-10-12-33-22(28)18-4-2-16(24)14-20(18)26/h1-4,13-14H,5-12,23-26H2. The fourth-order valence-corrected chi connectivity index (χ4v) is 2.62. The first-order valence-corrected chi connectivity index (χ1v) is 10.3. The Morgan fingerprint density at radius 3 is 1.21 bits per heavy atom. The topological polar surface area (TPSA) is 184 Å². The first kappa shape index (κ1) is 25.7. The van der Waals surface area contributed by atoms with Gasteiger partial charge in [0.05, 0.1) is 50.8 Å². The number of nitrogen functional groups attached to an aromatic ring is 4. The second kappa shape index (κ2) is 13.8. The third-order valence-corrected chi connectivity index (χ3v) is 4.26. The Labute approximate surface area is 191 Å². The zero-order valence-electron chi connectivity index (χ0n) is 18.3. The lowest BCUT2D eigenvalue weighted by Crippen LogP contribution is -2.16. The Hall–Kier alpha value is -3.54. The van der Waals surface area contributed by atoms with Crippen molar-refractivity contribution in [1.29, 1.82) is 0 Å². The molecule has 8 N–H and O–H groups in total. The second-order valence-corrected chi connectivity index (χ2v) is 6.80. The van der Waals surface area contributed by atoms with Crippen molar-refractivity contribution < 1.29 is 33.3 Å². The number of ether oxygens (including phenoxy) is 5. The summed E-state index contributed by atoms with van der Waals surface area (Å²) in [7, 11) is 0. The molecule has 11 heteroatoms. The van der Waals surface area contributed by atoms with Gasteiger partial charge in [0.2, 0.25) is 0 Å². The molecule has 33 heavy (non-hydrogen) atoms. The molecule has 180 valence electrons. The Morgan fingerprint density at radius 2 is 0.879 bits per heavy atom. The van der Waals surface area contributed by atoms with Crippen molar-refractivity contribution in [2.75, 3.05) is 75.8 Å². The van der Waals surface area contributed by atoms with Gasteiger partial charge in [-0.25, -0.2) is 9.59 Å². The molecular formula is C22H30N4O7. The van der Waals surface area contributed by atoms with Crippen LogP contribution in [0.25, 0.3) is 0 Å². The number of carbonyl (C=O) groups excluding carboxylic acids is 2. The van der Waals surface area contributed by atoms with E-state index in [1.807, 2.05) is 0 Å². The van der Waals surface area contributed by atoms with Gasteiger partial charge in [0, 0.05) is 22.7 Å². The van der Waals surface area contributed by atoms with Crippen molar-refractivity contribution in [2.45, 2.75) is 0 Å². The van der Waals surface area contributed by atoms with E-state index in [-0.39, 0.29) is 48.9 Å². The Balaban J connectivity index is 1.41. The molecule has 0 aliphatic carbocycles. The van der Waals surface area contributed by atoms with E-state index in [4.69, 9.17) is 46.6 Å². The normalized spacial score (nSPS) is 10.7. The van der Waals surface area contributed by atoms with E-state index in [0.29, 0.717) is 37.8 Å². The van der Waals surface area contributed by atoms with Crippen LogP contribution in [0.4, 0.5) is 22.7 Å². The average molecular weight is 463 g/mol. The van der Waals surface area contributed by atoms with E-state index in [9.17, 15) is 9.59 Å². The van der Waals surface area contributed by atoms with Crippen LogP contribution in [-0.4, -0.2) is 64.8 Å². The summed E-state index contributed by atoms with van der Waals surface area (Å²) in [4.78, 5) is 23.8. The third kappa shape index (κ3) is 9.23. The maximum absolute atomic E-state index is 11.9. The van der Waals surface area contributed by atoms with Crippen LogP contribution in [0, 0.1) is 0 Å². The van der Waals surface area contributed by atoms with Crippen molar-refractivity contribution >= 4 is 34.7 Å². The van der Waals surface area contributed by atoms with Crippen LogP contribution in [0.3, 0.4) is 0 Å². The summed E-state index contributed by atoms with van der Waals surface area (Å²) in [6.45, 7) is 2.01. The molecule has 0 spiro atoms. The highest BCUT2D eigenvalue weighted by atomic mass is 16.6. The SMILES string of the molecule is Nc1ccc(C(=O)OCCOCCOCCOCCOC(=O)c2ccc(N)cc2N)c(N)c1. The smallest absolute Gasteiger partial charge is 0.340 e. The second-order valence-electron chi connectivity index (χ2n) is 6.80. The van der Waals surface area contributed by atoms with Gasteiger partial charge in [-0.05, 0) is 36.4 Å². The lowest BCUT2D eigenvalue weighted by Gasteiger charge is -2.09. The van der Waals surface area contributed by atoms with Gasteiger partial charge >= 0.3 is 11.9 Å². The summed E-state index contributed by atoms with van der Waals surface area (Å²) in [5.41, 5.74) is 24.7. The number of hydrogen-bond donors (Lipinski definition) is 4. The van der Waals surface area contributed by atoms with Crippen LogP contribution >= 0.6 is 0 Å². The van der Waals surface area contributed by atoms with Gasteiger partial charge in [-0.1, -0.05) is 0 Å². The number of hydrogen-bond acceptors (Lipinski definition) is 11. The molecule has 0 amide bonds. The molecule has 2 aromatic carbocycles. The van der Waals surface area contributed by atoms with Crippen LogP contribution in [0.1, 0.15) is 20.7 Å². The lowest BCUT2D eigenvalue weighted by molar-refractivity contribution is -0.00671. The van der Waals surface area contributed by atoms with Crippen LogP contribution in [0.5, 0.6) is 0 Å². The summed E-state index contributed by atoms with van der Waals surface area (Å²) < 4.78 is 26.2. The highest BCUT2D eigenvalue weighted by Gasteiger charge is 2.12. The van der Waals surface area contributed by atoms with Crippen LogP contribution in [0.15, 0.2) is 36.4 Å². The quantitative estimate of drug-likeness (QED) is 0.179. The minimum absolute atomic E-state index is 0.0898. The molecule has 0 saturated heterocycles. The Bertz CT molecular complexity index is 850. The number of carbonyl (C=O) groups is 2. The molecule has 2 aromatic rings. The van der Waals surface area contributed by atoms with Gasteiger partial charge < -0.3 is 46.6 Å². The molecule has 0 bridgehead atoms.